The lowest BCUT2D eigenvalue weighted by Gasteiger charge is -2.32. The van der Waals surface area contributed by atoms with Gasteiger partial charge in [0.25, 0.3) is 5.92 Å². The average Bonchev–Trinajstić information content (AvgIpc) is 3.15. The number of nitrogens with zero attached hydrogens (tertiary/aromatic N) is 4. The van der Waals surface area contributed by atoms with E-state index in [0.29, 0.717) is 24.5 Å². The number of fused-ring (bicyclic) bond motifs is 1. The van der Waals surface area contributed by atoms with Gasteiger partial charge in [-0.3, -0.25) is 9.79 Å². The van der Waals surface area contributed by atoms with Crippen LogP contribution in [0.15, 0.2) is 41.7 Å². The fraction of sp³-hybridized carbons (Fsp3) is 0.440. The number of anilines is 1. The van der Waals surface area contributed by atoms with E-state index in [1.165, 1.54) is 6.33 Å². The number of hydrogen-bond donors (Lipinski definition) is 0. The molecule has 2 aromatic rings. The Morgan fingerprint density at radius 2 is 1.81 bits per heavy atom. The van der Waals surface area contributed by atoms with E-state index in [1.54, 1.807) is 6.08 Å². The predicted molar refractivity (Wildman–Crippen MR) is 120 cm³/mol. The lowest BCUT2D eigenvalue weighted by atomic mass is 9.75. The highest BCUT2D eigenvalue weighted by Crippen LogP contribution is 2.39. The zero-order valence-corrected chi connectivity index (χ0v) is 18.4. The van der Waals surface area contributed by atoms with Crippen LogP contribution in [0.5, 0.6) is 0 Å². The van der Waals surface area contributed by atoms with Crippen LogP contribution in [0.25, 0.3) is 5.57 Å². The quantitative estimate of drug-likeness (QED) is 0.691. The van der Waals surface area contributed by atoms with Crippen LogP contribution in [0.4, 0.5) is 14.6 Å². The summed E-state index contributed by atoms with van der Waals surface area (Å²) in [6.45, 7) is 5.36. The molecular weight excluding hydrogens is 410 g/mol. The lowest BCUT2D eigenvalue weighted by molar-refractivity contribution is -0.116. The maximum atomic E-state index is 13.5. The summed E-state index contributed by atoms with van der Waals surface area (Å²) < 4.78 is 27.1. The maximum Gasteiger partial charge on any atom is 0.251 e. The number of carbonyl (C=O) groups is 1. The first-order valence-electron chi connectivity index (χ1n) is 11.1. The summed E-state index contributed by atoms with van der Waals surface area (Å²) in [4.78, 5) is 27.6. The summed E-state index contributed by atoms with van der Waals surface area (Å²) in [7, 11) is 0. The SMILES string of the molecule is CC1(C)CC(=O)C=C(c2ccc3c(c2)C(c2cc(N4CCC(F)(F)CC4)ncn2)=NC3)C1. The van der Waals surface area contributed by atoms with E-state index in [1.807, 2.05) is 11.0 Å². The Morgan fingerprint density at radius 3 is 2.56 bits per heavy atom. The van der Waals surface area contributed by atoms with Crippen molar-refractivity contribution < 1.29 is 13.6 Å². The minimum absolute atomic E-state index is 0.0517. The molecule has 0 atom stereocenters. The minimum atomic E-state index is -2.60. The fourth-order valence-electron chi connectivity index (χ4n) is 4.85. The number of rotatable bonds is 3. The van der Waals surface area contributed by atoms with E-state index in [9.17, 15) is 13.6 Å². The number of alkyl halides is 2. The van der Waals surface area contributed by atoms with E-state index >= 15 is 0 Å². The van der Waals surface area contributed by atoms with Crippen molar-refractivity contribution >= 4 is 22.9 Å². The van der Waals surface area contributed by atoms with Crippen molar-refractivity contribution in [3.63, 3.8) is 0 Å². The van der Waals surface area contributed by atoms with Gasteiger partial charge in [0.1, 0.15) is 12.1 Å². The van der Waals surface area contributed by atoms with Crippen molar-refractivity contribution in [2.75, 3.05) is 18.0 Å². The summed E-state index contributed by atoms with van der Waals surface area (Å²) >= 11 is 0. The predicted octanol–water partition coefficient (Wildman–Crippen LogP) is 4.84. The molecule has 0 unspecified atom stereocenters. The Bertz CT molecular complexity index is 1140. The number of hydrogen-bond acceptors (Lipinski definition) is 5. The van der Waals surface area contributed by atoms with Gasteiger partial charge in [-0.2, -0.15) is 0 Å². The molecule has 0 spiro atoms. The van der Waals surface area contributed by atoms with Crippen LogP contribution < -0.4 is 4.90 Å². The molecule has 1 aliphatic carbocycles. The molecule has 7 heteroatoms. The standard InChI is InChI=1S/C25H26F2N4O/c1-24(2)12-18(9-19(32)13-24)16-3-4-17-14-28-23(20(17)10-16)21-11-22(30-15-29-21)31-7-5-25(26,27)6-8-31/h3-4,9-11,15H,5-8,12-14H2,1-2H3. The summed E-state index contributed by atoms with van der Waals surface area (Å²) in [6.07, 6.45) is 4.34. The Labute approximate surface area is 186 Å². The molecule has 0 saturated carbocycles. The largest absolute Gasteiger partial charge is 0.356 e. The van der Waals surface area contributed by atoms with E-state index < -0.39 is 5.92 Å². The normalized spacial score (nSPS) is 21.8. The molecule has 5 nitrogen and oxygen atoms in total. The Kier molecular flexibility index (Phi) is 4.95. The van der Waals surface area contributed by atoms with Crippen molar-refractivity contribution in [2.45, 2.75) is 52.0 Å². The molecule has 0 bridgehead atoms. The molecular formula is C25H26F2N4O. The second-order valence-corrected chi connectivity index (χ2v) is 9.79. The Hall–Kier alpha value is -2.96. The highest BCUT2D eigenvalue weighted by molar-refractivity contribution is 6.14. The molecule has 3 heterocycles. The molecule has 3 aliphatic rings. The van der Waals surface area contributed by atoms with Gasteiger partial charge >= 0.3 is 0 Å². The molecule has 1 aromatic heterocycles. The highest BCUT2D eigenvalue weighted by atomic mass is 19.3. The molecule has 2 aliphatic heterocycles. The highest BCUT2D eigenvalue weighted by Gasteiger charge is 2.34. The van der Waals surface area contributed by atoms with E-state index in [2.05, 4.69) is 42.0 Å². The topological polar surface area (TPSA) is 58.5 Å². The molecule has 0 amide bonds. The molecule has 1 saturated heterocycles. The molecule has 0 radical (unpaired) electrons. The smallest absolute Gasteiger partial charge is 0.251 e. The number of piperidine rings is 1. The van der Waals surface area contributed by atoms with Crippen molar-refractivity contribution in [2.24, 2.45) is 10.4 Å². The first-order chi connectivity index (χ1) is 15.2. The van der Waals surface area contributed by atoms with Gasteiger partial charge in [0.2, 0.25) is 0 Å². The van der Waals surface area contributed by atoms with Gasteiger partial charge in [-0.15, -0.1) is 0 Å². The monoisotopic (exact) mass is 436 g/mol. The third kappa shape index (κ3) is 4.08. The second-order valence-electron chi connectivity index (χ2n) is 9.79. The van der Waals surface area contributed by atoms with Gasteiger partial charge in [0.05, 0.1) is 18.0 Å². The Morgan fingerprint density at radius 1 is 1.03 bits per heavy atom. The van der Waals surface area contributed by atoms with Gasteiger partial charge in [-0.05, 0) is 40.7 Å². The second kappa shape index (κ2) is 7.57. The molecule has 1 aromatic carbocycles. The van der Waals surface area contributed by atoms with Gasteiger partial charge in [-0.25, -0.2) is 18.7 Å². The molecule has 0 N–H and O–H groups in total. The van der Waals surface area contributed by atoms with Gasteiger partial charge in [0.15, 0.2) is 5.78 Å². The van der Waals surface area contributed by atoms with Gasteiger partial charge in [0, 0.05) is 44.0 Å². The number of ketones is 1. The van der Waals surface area contributed by atoms with Crippen LogP contribution >= 0.6 is 0 Å². The van der Waals surface area contributed by atoms with Crippen LogP contribution in [0.1, 0.15) is 61.9 Å². The Balaban J connectivity index is 1.44. The number of allylic oxidation sites excluding steroid dienone is 2. The summed E-state index contributed by atoms with van der Waals surface area (Å²) in [5.41, 5.74) is 5.64. The number of aliphatic imine (C=N–C) groups is 1. The van der Waals surface area contributed by atoms with Crippen LogP contribution in [0.2, 0.25) is 0 Å². The van der Waals surface area contributed by atoms with E-state index in [4.69, 9.17) is 4.99 Å². The van der Waals surface area contributed by atoms with Crippen LogP contribution in [-0.4, -0.2) is 40.5 Å². The first-order valence-corrected chi connectivity index (χ1v) is 11.1. The maximum absolute atomic E-state index is 13.5. The zero-order chi connectivity index (χ0) is 22.5. The number of aromatic nitrogens is 2. The lowest BCUT2D eigenvalue weighted by Crippen LogP contribution is -2.39. The van der Waals surface area contributed by atoms with Gasteiger partial charge < -0.3 is 4.90 Å². The minimum Gasteiger partial charge on any atom is -0.356 e. The third-order valence-corrected chi connectivity index (χ3v) is 6.51. The summed E-state index contributed by atoms with van der Waals surface area (Å²) in [6, 6.07) is 8.08. The van der Waals surface area contributed by atoms with Crippen molar-refractivity contribution in [1.29, 1.82) is 0 Å². The average molecular weight is 437 g/mol. The first kappa shape index (κ1) is 20.9. The third-order valence-electron chi connectivity index (χ3n) is 6.51. The summed E-state index contributed by atoms with van der Waals surface area (Å²) in [5, 5.41) is 0. The number of carbonyl (C=O) groups excluding carboxylic acids is 1. The molecule has 1 fully saturated rings. The van der Waals surface area contributed by atoms with Crippen molar-refractivity contribution in [3.05, 3.63) is 59.1 Å². The molecule has 5 rings (SSSR count). The van der Waals surface area contributed by atoms with E-state index in [0.717, 1.165) is 34.4 Å². The van der Waals surface area contributed by atoms with Crippen molar-refractivity contribution in [1.82, 2.24) is 9.97 Å². The number of benzene rings is 1. The van der Waals surface area contributed by atoms with Crippen LogP contribution in [0, 0.1) is 5.41 Å². The fourth-order valence-corrected chi connectivity index (χ4v) is 4.85. The molecule has 32 heavy (non-hydrogen) atoms. The summed E-state index contributed by atoms with van der Waals surface area (Å²) in [5.74, 6) is -1.78. The van der Waals surface area contributed by atoms with Crippen molar-refractivity contribution in [3.8, 4) is 0 Å². The van der Waals surface area contributed by atoms with E-state index in [-0.39, 0.29) is 37.1 Å². The van der Waals surface area contributed by atoms with Crippen LogP contribution in [0.3, 0.4) is 0 Å². The van der Waals surface area contributed by atoms with Crippen LogP contribution in [-0.2, 0) is 11.3 Å². The molecule has 166 valence electrons. The number of halogens is 2. The van der Waals surface area contributed by atoms with Gasteiger partial charge in [-0.1, -0.05) is 26.0 Å². The zero-order valence-electron chi connectivity index (χ0n) is 18.4.